The lowest BCUT2D eigenvalue weighted by Crippen LogP contribution is -2.38. The number of pyridine rings is 1. The first-order valence-corrected chi connectivity index (χ1v) is 10.7. The van der Waals surface area contributed by atoms with E-state index >= 15 is 0 Å². The number of rotatable bonds is 3. The van der Waals surface area contributed by atoms with Crippen LogP contribution < -0.4 is 10.2 Å². The van der Waals surface area contributed by atoms with Crippen LogP contribution in [-0.4, -0.2) is 29.0 Å². The van der Waals surface area contributed by atoms with Gasteiger partial charge >= 0.3 is 6.18 Å². The van der Waals surface area contributed by atoms with Gasteiger partial charge in [-0.05, 0) is 50.2 Å². The predicted octanol–water partition coefficient (Wildman–Crippen LogP) is 4.54. The second-order valence-electron chi connectivity index (χ2n) is 7.89. The molecule has 1 fully saturated rings. The van der Waals surface area contributed by atoms with Gasteiger partial charge in [0.05, 0.1) is 11.3 Å². The third kappa shape index (κ3) is 4.55. The molecule has 0 spiro atoms. The van der Waals surface area contributed by atoms with Crippen LogP contribution in [0.1, 0.15) is 42.3 Å². The predicted molar refractivity (Wildman–Crippen MR) is 106 cm³/mol. The highest BCUT2D eigenvalue weighted by Crippen LogP contribution is 2.33. The lowest BCUT2D eigenvalue weighted by Gasteiger charge is -2.32. The molecule has 1 amide bonds. The summed E-state index contributed by atoms with van der Waals surface area (Å²) >= 11 is 1.58. The molecule has 0 aromatic carbocycles. The molecule has 1 unspecified atom stereocenters. The van der Waals surface area contributed by atoms with Crippen molar-refractivity contribution in [2.24, 2.45) is 11.8 Å². The highest BCUT2D eigenvalue weighted by molar-refractivity contribution is 7.15. The first-order chi connectivity index (χ1) is 13.8. The number of aromatic nitrogens is 2. The van der Waals surface area contributed by atoms with Gasteiger partial charge in [-0.25, -0.2) is 9.97 Å². The number of hydrogen-bond acceptors (Lipinski definition) is 5. The third-order valence-electron chi connectivity index (χ3n) is 5.68. The molecule has 1 aliphatic carbocycles. The molecule has 3 heterocycles. The van der Waals surface area contributed by atoms with Gasteiger partial charge < -0.3 is 10.2 Å². The number of nitrogens with one attached hydrogen (secondary N) is 1. The number of hydrogen-bond donors (Lipinski definition) is 1. The fourth-order valence-corrected chi connectivity index (χ4v) is 5.09. The van der Waals surface area contributed by atoms with Crippen molar-refractivity contribution < 1.29 is 18.0 Å². The maximum Gasteiger partial charge on any atom is 0.417 e. The molecule has 2 aromatic rings. The molecule has 1 atom stereocenters. The van der Waals surface area contributed by atoms with Crippen molar-refractivity contribution in [2.75, 3.05) is 23.3 Å². The van der Waals surface area contributed by atoms with Crippen LogP contribution in [0.25, 0.3) is 0 Å². The molecule has 29 heavy (non-hydrogen) atoms. The molecule has 4 rings (SSSR count). The smallest absolute Gasteiger partial charge is 0.357 e. The molecule has 0 radical (unpaired) electrons. The standard InChI is InChI=1S/C20H23F3N4OS/c1-12-2-4-15-16(10-12)29-19(25-15)26-18(28)13-6-8-27(9-7-13)17-5-3-14(11-24-17)20(21,22)23/h3,5,11-13H,2,4,6-10H2,1H3,(H,25,26,28). The summed E-state index contributed by atoms with van der Waals surface area (Å²) in [5, 5.41) is 3.65. The summed E-state index contributed by atoms with van der Waals surface area (Å²) in [7, 11) is 0. The van der Waals surface area contributed by atoms with Crippen molar-refractivity contribution >= 4 is 28.2 Å². The average molecular weight is 424 g/mol. The number of carbonyl (C=O) groups excluding carboxylic acids is 1. The van der Waals surface area contributed by atoms with Gasteiger partial charge in [-0.1, -0.05) is 6.92 Å². The number of piperidine rings is 1. The van der Waals surface area contributed by atoms with Crippen LogP contribution in [0.4, 0.5) is 24.1 Å². The Bertz CT molecular complexity index is 873. The largest absolute Gasteiger partial charge is 0.417 e. The van der Waals surface area contributed by atoms with Gasteiger partial charge in [0.25, 0.3) is 0 Å². The Morgan fingerprint density at radius 1 is 1.24 bits per heavy atom. The average Bonchev–Trinajstić information content (AvgIpc) is 3.09. The zero-order valence-electron chi connectivity index (χ0n) is 16.1. The second-order valence-corrected chi connectivity index (χ2v) is 8.97. The van der Waals surface area contributed by atoms with E-state index in [1.54, 1.807) is 11.3 Å². The van der Waals surface area contributed by atoms with Gasteiger partial charge in [0.2, 0.25) is 5.91 Å². The maximum absolute atomic E-state index is 12.7. The molecule has 1 N–H and O–H groups in total. The zero-order chi connectivity index (χ0) is 20.6. The lowest BCUT2D eigenvalue weighted by molar-refractivity contribution is -0.137. The highest BCUT2D eigenvalue weighted by atomic mass is 32.1. The van der Waals surface area contributed by atoms with Crippen molar-refractivity contribution in [3.63, 3.8) is 0 Å². The van der Waals surface area contributed by atoms with Crippen molar-refractivity contribution in [3.8, 4) is 0 Å². The van der Waals surface area contributed by atoms with Crippen LogP contribution in [0.3, 0.4) is 0 Å². The Morgan fingerprint density at radius 3 is 2.66 bits per heavy atom. The lowest BCUT2D eigenvalue weighted by atomic mass is 9.93. The fourth-order valence-electron chi connectivity index (χ4n) is 3.91. The quantitative estimate of drug-likeness (QED) is 0.786. The van der Waals surface area contributed by atoms with Crippen molar-refractivity contribution in [2.45, 2.75) is 45.2 Å². The Hall–Kier alpha value is -2.16. The summed E-state index contributed by atoms with van der Waals surface area (Å²) in [5.74, 6) is 1.03. The van der Waals surface area contributed by atoms with E-state index in [1.165, 1.54) is 10.9 Å². The summed E-state index contributed by atoms with van der Waals surface area (Å²) < 4.78 is 38.0. The van der Waals surface area contributed by atoms with Crippen molar-refractivity contribution in [1.82, 2.24) is 9.97 Å². The molecule has 2 aliphatic rings. The van der Waals surface area contributed by atoms with Crippen LogP contribution in [0.2, 0.25) is 0 Å². The Morgan fingerprint density at radius 2 is 2.00 bits per heavy atom. The Balaban J connectivity index is 1.32. The SMILES string of the molecule is CC1CCc2nc(NC(=O)C3CCN(c4ccc(C(F)(F)F)cn4)CC3)sc2C1. The molecule has 1 saturated heterocycles. The molecule has 156 valence electrons. The number of fused-ring (bicyclic) bond motifs is 1. The van der Waals surface area contributed by atoms with E-state index < -0.39 is 11.7 Å². The van der Waals surface area contributed by atoms with E-state index in [2.05, 4.69) is 22.2 Å². The zero-order valence-corrected chi connectivity index (χ0v) is 16.9. The van der Waals surface area contributed by atoms with Crippen LogP contribution >= 0.6 is 11.3 Å². The van der Waals surface area contributed by atoms with Crippen LogP contribution in [0.5, 0.6) is 0 Å². The number of nitrogens with zero attached hydrogens (tertiary/aromatic N) is 3. The summed E-state index contributed by atoms with van der Waals surface area (Å²) in [5.41, 5.74) is 0.364. The van der Waals surface area contributed by atoms with Gasteiger partial charge in [0, 0.05) is 30.1 Å². The van der Waals surface area contributed by atoms with E-state index in [9.17, 15) is 18.0 Å². The van der Waals surface area contributed by atoms with E-state index in [-0.39, 0.29) is 11.8 Å². The number of alkyl halides is 3. The molecule has 2 aromatic heterocycles. The number of carbonyl (C=O) groups is 1. The van der Waals surface area contributed by atoms with E-state index in [1.807, 2.05) is 4.90 Å². The van der Waals surface area contributed by atoms with Gasteiger partial charge in [-0.15, -0.1) is 11.3 Å². The molecule has 1 aliphatic heterocycles. The summed E-state index contributed by atoms with van der Waals surface area (Å²) in [6, 6.07) is 2.44. The Kier molecular flexibility index (Phi) is 5.50. The summed E-state index contributed by atoms with van der Waals surface area (Å²) in [6.07, 6.45) is 0.888. The van der Waals surface area contributed by atoms with Gasteiger partial charge in [0.1, 0.15) is 5.82 Å². The molecule has 0 bridgehead atoms. The van der Waals surface area contributed by atoms with E-state index in [4.69, 9.17) is 0 Å². The van der Waals surface area contributed by atoms with Crippen molar-refractivity contribution in [1.29, 1.82) is 0 Å². The highest BCUT2D eigenvalue weighted by Gasteiger charge is 2.31. The second kappa shape index (κ2) is 7.93. The van der Waals surface area contributed by atoms with Gasteiger partial charge in [-0.2, -0.15) is 13.2 Å². The van der Waals surface area contributed by atoms with E-state index in [0.717, 1.165) is 37.2 Å². The number of thiazole rings is 1. The molecule has 5 nitrogen and oxygen atoms in total. The van der Waals surface area contributed by atoms with Crippen LogP contribution in [0, 0.1) is 11.8 Å². The van der Waals surface area contributed by atoms with Crippen LogP contribution in [0.15, 0.2) is 18.3 Å². The number of halogens is 3. The minimum absolute atomic E-state index is 0.0239. The monoisotopic (exact) mass is 424 g/mol. The van der Waals surface area contributed by atoms with E-state index in [0.29, 0.717) is 42.8 Å². The topological polar surface area (TPSA) is 58.1 Å². The van der Waals surface area contributed by atoms with Crippen LogP contribution in [-0.2, 0) is 23.8 Å². The molecular weight excluding hydrogens is 401 g/mol. The van der Waals surface area contributed by atoms with Crippen molar-refractivity contribution in [3.05, 3.63) is 34.5 Å². The molecule has 0 saturated carbocycles. The first-order valence-electron chi connectivity index (χ1n) is 9.87. The minimum atomic E-state index is -4.39. The maximum atomic E-state index is 12.7. The molecule has 9 heteroatoms. The molecular formula is C20H23F3N4OS. The number of amides is 1. The minimum Gasteiger partial charge on any atom is -0.357 e. The summed E-state index contributed by atoms with van der Waals surface area (Å²) in [4.78, 5) is 24.4. The van der Waals surface area contributed by atoms with Gasteiger partial charge in [0.15, 0.2) is 5.13 Å². The Labute approximate surface area is 171 Å². The number of aryl methyl sites for hydroxylation is 1. The first kappa shape index (κ1) is 20.1. The fraction of sp³-hybridized carbons (Fsp3) is 0.550. The number of anilines is 2. The normalized spacial score (nSPS) is 20.4. The summed E-state index contributed by atoms with van der Waals surface area (Å²) in [6.45, 7) is 3.41. The van der Waals surface area contributed by atoms with Gasteiger partial charge in [-0.3, -0.25) is 4.79 Å². The third-order valence-corrected chi connectivity index (χ3v) is 6.72.